The molecule has 0 unspecified atom stereocenters. The molecule has 8 heteroatoms. The fourth-order valence-electron chi connectivity index (χ4n) is 4.53. The van der Waals surface area contributed by atoms with E-state index in [0.717, 1.165) is 11.8 Å². The predicted molar refractivity (Wildman–Crippen MR) is 106 cm³/mol. The maximum atomic E-state index is 12.7. The number of carbonyl (C=O) groups is 1. The molecule has 1 aromatic heterocycles. The summed E-state index contributed by atoms with van der Waals surface area (Å²) in [6, 6.07) is 9.07. The van der Waals surface area contributed by atoms with Crippen LogP contribution in [0.2, 0.25) is 0 Å². The van der Waals surface area contributed by atoms with Crippen LogP contribution in [0.3, 0.4) is 0 Å². The van der Waals surface area contributed by atoms with E-state index in [9.17, 15) is 13.2 Å². The number of ether oxygens (including phenoxy) is 1. The van der Waals surface area contributed by atoms with Gasteiger partial charge in [-0.25, -0.2) is 12.7 Å². The number of hydrogen-bond acceptors (Lipinski definition) is 5. The van der Waals surface area contributed by atoms with Gasteiger partial charge in [-0.15, -0.1) is 0 Å². The van der Waals surface area contributed by atoms with Crippen molar-refractivity contribution in [3.63, 3.8) is 0 Å². The van der Waals surface area contributed by atoms with Crippen LogP contribution in [0.25, 0.3) is 11.0 Å². The first-order valence-electron chi connectivity index (χ1n) is 9.71. The molecular weight excluding hydrogens is 380 g/mol. The number of amides is 1. The fraction of sp³-hybridized carbons (Fsp3) is 0.550. The third-order valence-corrected chi connectivity index (χ3v) is 7.92. The van der Waals surface area contributed by atoms with Gasteiger partial charge in [-0.2, -0.15) is 0 Å². The maximum absolute atomic E-state index is 12.7. The molecule has 4 atom stereocenters. The molecule has 1 aliphatic heterocycles. The molecule has 1 amide bonds. The highest BCUT2D eigenvalue weighted by molar-refractivity contribution is 7.89. The van der Waals surface area contributed by atoms with Crippen molar-refractivity contribution in [3.05, 3.63) is 36.1 Å². The zero-order chi connectivity index (χ0) is 19.9. The Morgan fingerprint density at radius 3 is 2.64 bits per heavy atom. The van der Waals surface area contributed by atoms with Gasteiger partial charge in [-0.05, 0) is 43.7 Å². The van der Waals surface area contributed by atoms with Crippen LogP contribution in [0.15, 0.2) is 34.7 Å². The van der Waals surface area contributed by atoms with Gasteiger partial charge in [0.25, 0.3) is 5.91 Å². The van der Waals surface area contributed by atoms with E-state index in [0.29, 0.717) is 25.1 Å². The fourth-order valence-corrected chi connectivity index (χ4v) is 5.73. The van der Waals surface area contributed by atoms with Crippen molar-refractivity contribution >= 4 is 26.9 Å². The number of nitrogens with zero attached hydrogens (tertiary/aromatic N) is 1. The molecule has 1 N–H and O–H groups in total. The van der Waals surface area contributed by atoms with Crippen LogP contribution in [0, 0.1) is 11.8 Å². The minimum atomic E-state index is -3.19. The number of sulfonamides is 1. The Bertz CT molecular complexity index is 937. The van der Waals surface area contributed by atoms with Gasteiger partial charge < -0.3 is 14.5 Å². The first-order valence-corrected chi connectivity index (χ1v) is 11.3. The van der Waals surface area contributed by atoms with E-state index < -0.39 is 10.0 Å². The smallest absolute Gasteiger partial charge is 0.287 e. The van der Waals surface area contributed by atoms with Gasteiger partial charge in [0, 0.05) is 25.6 Å². The molecule has 1 aromatic carbocycles. The third-order valence-electron chi connectivity index (χ3n) is 6.11. The van der Waals surface area contributed by atoms with Crippen LogP contribution in [0.5, 0.6) is 0 Å². The molecule has 1 saturated heterocycles. The van der Waals surface area contributed by atoms with Crippen LogP contribution in [-0.2, 0) is 14.8 Å². The van der Waals surface area contributed by atoms with E-state index in [1.54, 1.807) is 24.4 Å². The summed E-state index contributed by atoms with van der Waals surface area (Å²) < 4.78 is 37.4. The van der Waals surface area contributed by atoms with Gasteiger partial charge in [-0.1, -0.05) is 18.2 Å². The lowest BCUT2D eigenvalue weighted by molar-refractivity contribution is 0.0121. The molecule has 0 spiro atoms. The number of fused-ring (bicyclic) bond motifs is 2. The zero-order valence-corrected chi connectivity index (χ0v) is 16.9. The van der Waals surface area contributed by atoms with Gasteiger partial charge >= 0.3 is 0 Å². The first-order chi connectivity index (χ1) is 13.4. The Hall–Kier alpha value is -1.90. The highest BCUT2D eigenvalue weighted by Crippen LogP contribution is 2.38. The first kappa shape index (κ1) is 19.4. The average Bonchev–Trinajstić information content (AvgIpc) is 3.31. The van der Waals surface area contributed by atoms with E-state index in [1.165, 1.54) is 0 Å². The van der Waals surface area contributed by atoms with Gasteiger partial charge in [0.15, 0.2) is 5.76 Å². The number of methoxy groups -OCH3 is 1. The summed E-state index contributed by atoms with van der Waals surface area (Å²) in [5.41, 5.74) is 0.677. The van der Waals surface area contributed by atoms with Crippen LogP contribution < -0.4 is 5.32 Å². The van der Waals surface area contributed by atoms with Gasteiger partial charge in [0.2, 0.25) is 10.0 Å². The highest BCUT2D eigenvalue weighted by Gasteiger charge is 2.45. The lowest BCUT2D eigenvalue weighted by Gasteiger charge is -2.37. The summed E-state index contributed by atoms with van der Waals surface area (Å²) in [5.74, 6) is 0.628. The van der Waals surface area contributed by atoms with Crippen molar-refractivity contribution in [2.24, 2.45) is 11.8 Å². The Morgan fingerprint density at radius 2 is 1.96 bits per heavy atom. The van der Waals surface area contributed by atoms with Gasteiger partial charge in [0.05, 0.1) is 17.9 Å². The molecule has 152 valence electrons. The van der Waals surface area contributed by atoms with Crippen molar-refractivity contribution in [2.45, 2.75) is 31.9 Å². The molecule has 2 heterocycles. The van der Waals surface area contributed by atoms with Crippen molar-refractivity contribution < 1.29 is 22.4 Å². The average molecular weight is 407 g/mol. The summed E-state index contributed by atoms with van der Waals surface area (Å²) in [6.45, 7) is 2.74. The normalized spacial score (nSPS) is 28.4. The SMILES string of the molecule is CCS(=O)(=O)N1C[C@H]2C[C@H](OC)[C@@H](NC(=O)c3cc4ccccc4o3)C[C@H]2C1. The Balaban J connectivity index is 1.47. The molecule has 1 aliphatic carbocycles. The van der Waals surface area contributed by atoms with E-state index in [-0.39, 0.29) is 41.4 Å². The van der Waals surface area contributed by atoms with Gasteiger partial charge in [-0.3, -0.25) is 4.79 Å². The van der Waals surface area contributed by atoms with Crippen molar-refractivity contribution in [1.29, 1.82) is 0 Å². The molecule has 28 heavy (non-hydrogen) atoms. The second kappa shape index (κ2) is 7.50. The molecular formula is C20H26N2O5S. The van der Waals surface area contributed by atoms with Crippen LogP contribution in [0.4, 0.5) is 0 Å². The lowest BCUT2D eigenvalue weighted by Crippen LogP contribution is -2.50. The van der Waals surface area contributed by atoms with Crippen molar-refractivity contribution in [3.8, 4) is 0 Å². The van der Waals surface area contributed by atoms with E-state index in [2.05, 4.69) is 5.32 Å². The minimum absolute atomic E-state index is 0.117. The summed E-state index contributed by atoms with van der Waals surface area (Å²) in [7, 11) is -1.55. The number of carbonyl (C=O) groups excluding carboxylic acids is 1. The third kappa shape index (κ3) is 3.56. The van der Waals surface area contributed by atoms with E-state index in [1.807, 2.05) is 24.3 Å². The number of furan rings is 1. The minimum Gasteiger partial charge on any atom is -0.451 e. The largest absolute Gasteiger partial charge is 0.451 e. The van der Waals surface area contributed by atoms with Crippen LogP contribution in [-0.4, -0.2) is 56.7 Å². The van der Waals surface area contributed by atoms with Crippen molar-refractivity contribution in [2.75, 3.05) is 26.0 Å². The predicted octanol–water partition coefficient (Wildman–Crippen LogP) is 2.24. The molecule has 7 nitrogen and oxygen atoms in total. The van der Waals surface area contributed by atoms with Crippen molar-refractivity contribution in [1.82, 2.24) is 9.62 Å². The molecule has 0 bridgehead atoms. The highest BCUT2D eigenvalue weighted by atomic mass is 32.2. The number of rotatable bonds is 5. The van der Waals surface area contributed by atoms with Crippen LogP contribution >= 0.6 is 0 Å². The standard InChI is InChI=1S/C20H26N2O5S/c1-3-28(24,25)22-11-14-8-16(18(26-2)10-15(14)12-22)21-20(23)19-9-13-6-4-5-7-17(13)27-19/h4-7,9,14-16,18H,3,8,10-12H2,1-2H3,(H,21,23)/t14-,15+,16-,18-/m0/s1. The number of hydrogen-bond donors (Lipinski definition) is 1. The second-order valence-corrected chi connectivity index (χ2v) is 9.97. The Kier molecular flexibility index (Phi) is 5.20. The van der Waals surface area contributed by atoms with E-state index in [4.69, 9.17) is 9.15 Å². The molecule has 1 saturated carbocycles. The summed E-state index contributed by atoms with van der Waals surface area (Å²) in [4.78, 5) is 12.7. The number of nitrogens with one attached hydrogen (secondary N) is 1. The summed E-state index contributed by atoms with van der Waals surface area (Å²) in [5, 5.41) is 3.94. The van der Waals surface area contributed by atoms with Crippen LogP contribution in [0.1, 0.15) is 30.3 Å². The molecule has 2 aromatic rings. The Morgan fingerprint density at radius 1 is 1.25 bits per heavy atom. The second-order valence-electron chi connectivity index (χ2n) is 7.71. The molecule has 4 rings (SSSR count). The Labute approximate surface area is 165 Å². The van der Waals surface area contributed by atoms with E-state index >= 15 is 0 Å². The summed E-state index contributed by atoms with van der Waals surface area (Å²) >= 11 is 0. The molecule has 0 radical (unpaired) electrons. The summed E-state index contributed by atoms with van der Waals surface area (Å²) in [6.07, 6.45) is 1.30. The topological polar surface area (TPSA) is 88.9 Å². The monoisotopic (exact) mass is 406 g/mol. The van der Waals surface area contributed by atoms with Gasteiger partial charge in [0.1, 0.15) is 5.58 Å². The quantitative estimate of drug-likeness (QED) is 0.823. The molecule has 2 aliphatic rings. The molecule has 2 fully saturated rings. The maximum Gasteiger partial charge on any atom is 0.287 e. The zero-order valence-electron chi connectivity index (χ0n) is 16.1. The number of para-hydroxylation sites is 1. The lowest BCUT2D eigenvalue weighted by atomic mass is 9.77. The number of benzene rings is 1.